The molecule has 0 radical (unpaired) electrons. The molecule has 0 aromatic heterocycles. The van der Waals surface area contributed by atoms with Crippen molar-refractivity contribution in [3.8, 4) is 0 Å². The molecule has 86 valence electrons. The second-order valence-electron chi connectivity index (χ2n) is 4.61. The number of hydrogen-bond donors (Lipinski definition) is 0. The highest BCUT2D eigenvalue weighted by Gasteiger charge is 2.53. The summed E-state index contributed by atoms with van der Waals surface area (Å²) in [7, 11) is -0.911. The van der Waals surface area contributed by atoms with Crippen LogP contribution in [0.15, 0.2) is 30.3 Å². The Morgan fingerprint density at radius 2 is 2.19 bits per heavy atom. The van der Waals surface area contributed by atoms with E-state index in [1.807, 2.05) is 6.07 Å². The second kappa shape index (κ2) is 3.96. The van der Waals surface area contributed by atoms with Crippen molar-refractivity contribution in [2.75, 3.05) is 6.54 Å². The van der Waals surface area contributed by atoms with E-state index in [4.69, 9.17) is 15.8 Å². The zero-order valence-electron chi connectivity index (χ0n) is 9.27. The van der Waals surface area contributed by atoms with E-state index in [0.29, 0.717) is 6.04 Å². The quantitative estimate of drug-likeness (QED) is 0.707. The van der Waals surface area contributed by atoms with Crippen LogP contribution in [-0.2, 0) is 10.1 Å². The van der Waals surface area contributed by atoms with Crippen molar-refractivity contribution in [1.82, 2.24) is 4.67 Å². The number of halogens is 1. The summed E-state index contributed by atoms with van der Waals surface area (Å²) in [5, 5.41) is 0. The Bertz CT molecular complexity index is 388. The van der Waals surface area contributed by atoms with Gasteiger partial charge in [-0.25, -0.2) is 4.67 Å². The molecule has 2 fully saturated rings. The fourth-order valence-corrected chi connectivity index (χ4v) is 5.25. The summed E-state index contributed by atoms with van der Waals surface area (Å²) in [5.41, 5.74) is 1.03. The molecule has 2 heterocycles. The molecule has 2 aliphatic rings. The Labute approximate surface area is 102 Å². The van der Waals surface area contributed by atoms with Crippen molar-refractivity contribution in [3.63, 3.8) is 0 Å². The Balaban J connectivity index is 1.99. The molecule has 16 heavy (non-hydrogen) atoms. The first-order valence-electron chi connectivity index (χ1n) is 5.69. The van der Waals surface area contributed by atoms with Gasteiger partial charge in [0.1, 0.15) is 5.60 Å². The molecule has 0 N–H and O–H groups in total. The standard InChI is InChI=1S/C12H15ClNOP/c1-12(10-6-3-2-4-7-10)11-8-5-9-14(11)16(13)15-12/h2-4,6-7,11H,5,8-9H2,1H3/t11?,12-,16?/m1/s1. The van der Waals surface area contributed by atoms with Crippen LogP contribution in [0, 0.1) is 0 Å². The number of fused-ring (bicyclic) bond motifs is 1. The smallest absolute Gasteiger partial charge is 0.208 e. The van der Waals surface area contributed by atoms with E-state index >= 15 is 0 Å². The normalized spacial score (nSPS) is 38.9. The lowest BCUT2D eigenvalue weighted by atomic mass is 9.87. The summed E-state index contributed by atoms with van der Waals surface area (Å²) in [6.45, 7) is 3.26. The summed E-state index contributed by atoms with van der Waals surface area (Å²) in [4.78, 5) is 0. The molecule has 0 amide bonds. The lowest BCUT2D eigenvalue weighted by Gasteiger charge is -2.29. The first kappa shape index (κ1) is 11.0. The minimum atomic E-state index is -0.911. The molecule has 2 aliphatic heterocycles. The van der Waals surface area contributed by atoms with Gasteiger partial charge in [0.2, 0.25) is 7.65 Å². The van der Waals surface area contributed by atoms with Crippen LogP contribution in [0.1, 0.15) is 25.3 Å². The molecule has 3 rings (SSSR count). The molecule has 2 saturated heterocycles. The number of nitrogens with zero attached hydrogens (tertiary/aromatic N) is 1. The lowest BCUT2D eigenvalue weighted by Crippen LogP contribution is -2.36. The van der Waals surface area contributed by atoms with Crippen molar-refractivity contribution in [3.05, 3.63) is 35.9 Å². The van der Waals surface area contributed by atoms with Gasteiger partial charge in [-0.05, 0) is 36.6 Å². The van der Waals surface area contributed by atoms with Crippen LogP contribution in [0.2, 0.25) is 0 Å². The maximum absolute atomic E-state index is 6.32. The topological polar surface area (TPSA) is 12.5 Å². The third-order valence-corrected chi connectivity index (χ3v) is 5.88. The first-order chi connectivity index (χ1) is 7.72. The van der Waals surface area contributed by atoms with Crippen molar-refractivity contribution in [1.29, 1.82) is 0 Å². The van der Waals surface area contributed by atoms with Gasteiger partial charge in [-0.15, -0.1) is 0 Å². The SMILES string of the molecule is C[C@]1(c2ccccc2)OP(Cl)N2CCCC21. The van der Waals surface area contributed by atoms with Crippen LogP contribution in [0.25, 0.3) is 0 Å². The molecular formula is C12H15ClNOP. The van der Waals surface area contributed by atoms with E-state index in [2.05, 4.69) is 35.9 Å². The maximum Gasteiger partial charge on any atom is 0.208 e. The van der Waals surface area contributed by atoms with Gasteiger partial charge in [0.05, 0.1) is 6.04 Å². The van der Waals surface area contributed by atoms with Crippen LogP contribution >= 0.6 is 18.9 Å². The summed E-state index contributed by atoms with van der Waals surface area (Å²) in [6.07, 6.45) is 2.43. The molecule has 2 unspecified atom stereocenters. The van der Waals surface area contributed by atoms with Crippen LogP contribution in [-0.4, -0.2) is 17.3 Å². The van der Waals surface area contributed by atoms with Crippen LogP contribution in [0.5, 0.6) is 0 Å². The predicted molar refractivity (Wildman–Crippen MR) is 67.4 cm³/mol. The van der Waals surface area contributed by atoms with Gasteiger partial charge in [-0.1, -0.05) is 30.3 Å². The zero-order chi connectivity index (χ0) is 11.2. The summed E-state index contributed by atoms with van der Waals surface area (Å²) in [5.74, 6) is 0. The largest absolute Gasteiger partial charge is 0.319 e. The van der Waals surface area contributed by atoms with Crippen LogP contribution in [0.4, 0.5) is 0 Å². The monoisotopic (exact) mass is 255 g/mol. The van der Waals surface area contributed by atoms with Crippen molar-refractivity contribution < 1.29 is 4.52 Å². The van der Waals surface area contributed by atoms with E-state index in [-0.39, 0.29) is 5.60 Å². The fourth-order valence-electron chi connectivity index (χ4n) is 2.78. The lowest BCUT2D eigenvalue weighted by molar-refractivity contribution is 0.0897. The molecular weight excluding hydrogens is 241 g/mol. The first-order valence-corrected chi connectivity index (χ1v) is 7.81. The zero-order valence-corrected chi connectivity index (χ0v) is 10.9. The molecule has 3 atom stereocenters. The third-order valence-electron chi connectivity index (χ3n) is 3.67. The predicted octanol–water partition coefficient (Wildman–Crippen LogP) is 3.86. The Kier molecular flexibility index (Phi) is 2.72. The third kappa shape index (κ3) is 1.52. The summed E-state index contributed by atoms with van der Waals surface area (Å²) < 4.78 is 8.40. The maximum atomic E-state index is 6.32. The van der Waals surface area contributed by atoms with E-state index < -0.39 is 7.65 Å². The van der Waals surface area contributed by atoms with E-state index in [9.17, 15) is 0 Å². The molecule has 2 nitrogen and oxygen atoms in total. The molecule has 0 aliphatic carbocycles. The van der Waals surface area contributed by atoms with Crippen molar-refractivity contribution in [2.24, 2.45) is 0 Å². The van der Waals surface area contributed by atoms with E-state index in [0.717, 1.165) is 6.54 Å². The molecule has 1 aromatic rings. The minimum Gasteiger partial charge on any atom is -0.319 e. The van der Waals surface area contributed by atoms with Gasteiger partial charge < -0.3 is 4.52 Å². The number of rotatable bonds is 1. The highest BCUT2D eigenvalue weighted by atomic mass is 35.7. The van der Waals surface area contributed by atoms with Crippen LogP contribution in [0.3, 0.4) is 0 Å². The van der Waals surface area contributed by atoms with Gasteiger partial charge >= 0.3 is 0 Å². The average molecular weight is 256 g/mol. The summed E-state index contributed by atoms with van der Waals surface area (Å²) in [6, 6.07) is 10.9. The Morgan fingerprint density at radius 1 is 1.44 bits per heavy atom. The molecule has 0 bridgehead atoms. The van der Waals surface area contributed by atoms with Gasteiger partial charge in [-0.3, -0.25) is 0 Å². The number of hydrogen-bond acceptors (Lipinski definition) is 2. The summed E-state index contributed by atoms with van der Waals surface area (Å²) >= 11 is 6.32. The molecule has 0 saturated carbocycles. The molecule has 1 aromatic carbocycles. The van der Waals surface area contributed by atoms with Crippen molar-refractivity contribution in [2.45, 2.75) is 31.4 Å². The molecule has 4 heteroatoms. The van der Waals surface area contributed by atoms with E-state index in [1.165, 1.54) is 18.4 Å². The molecule has 0 spiro atoms. The van der Waals surface area contributed by atoms with Gasteiger partial charge in [-0.2, -0.15) is 0 Å². The van der Waals surface area contributed by atoms with Crippen LogP contribution < -0.4 is 0 Å². The Morgan fingerprint density at radius 3 is 2.94 bits per heavy atom. The highest BCUT2D eigenvalue weighted by Crippen LogP contribution is 2.64. The number of benzene rings is 1. The fraction of sp³-hybridized carbons (Fsp3) is 0.500. The van der Waals surface area contributed by atoms with Crippen molar-refractivity contribution >= 4 is 18.9 Å². The minimum absolute atomic E-state index is 0.217. The Hall–Kier alpha value is -0.140. The van der Waals surface area contributed by atoms with Gasteiger partial charge in [0, 0.05) is 6.54 Å². The van der Waals surface area contributed by atoms with E-state index in [1.54, 1.807) is 0 Å². The van der Waals surface area contributed by atoms with Gasteiger partial charge in [0.25, 0.3) is 0 Å². The second-order valence-corrected chi connectivity index (χ2v) is 6.63. The average Bonchev–Trinajstić information content (AvgIpc) is 2.86. The highest BCUT2D eigenvalue weighted by molar-refractivity contribution is 7.78. The van der Waals surface area contributed by atoms with Gasteiger partial charge in [0.15, 0.2) is 0 Å².